The van der Waals surface area contributed by atoms with Crippen molar-refractivity contribution in [1.29, 1.82) is 0 Å². The second-order valence-corrected chi connectivity index (χ2v) is 8.98. The third-order valence-electron chi connectivity index (χ3n) is 4.45. The molecule has 0 spiro atoms. The highest BCUT2D eigenvalue weighted by atomic mass is 35.5. The molecule has 0 aliphatic heterocycles. The molecule has 26 heavy (non-hydrogen) atoms. The Balaban J connectivity index is 1.78. The summed E-state index contributed by atoms with van der Waals surface area (Å²) in [5, 5.41) is 17.2. The van der Waals surface area contributed by atoms with Gasteiger partial charge in [0.2, 0.25) is 0 Å². The van der Waals surface area contributed by atoms with Gasteiger partial charge in [-0.25, -0.2) is 8.42 Å². The highest BCUT2D eigenvalue weighted by Crippen LogP contribution is 2.28. The number of rotatable bonds is 4. The van der Waals surface area contributed by atoms with Crippen LogP contribution in [0.3, 0.4) is 0 Å². The van der Waals surface area contributed by atoms with Gasteiger partial charge in [0, 0.05) is 23.2 Å². The van der Waals surface area contributed by atoms with E-state index in [9.17, 15) is 18.3 Å². The van der Waals surface area contributed by atoms with Gasteiger partial charge in [-0.3, -0.25) is 9.48 Å². The summed E-state index contributed by atoms with van der Waals surface area (Å²) in [5.41, 5.74) is 0.608. The summed E-state index contributed by atoms with van der Waals surface area (Å²) in [6.45, 7) is 0. The standard InChI is InChI=1S/C17H20ClN3O4S/c1-26(24,25)14-7-12(18)6-13(8-14)20-17(23)11-9-19-21(10-11)15-4-2-3-5-16(15)22/h6-10,15-16,22H,2-5H2,1H3,(H,20,23)/t15-,16+/m1/s1. The molecular formula is C17H20ClN3O4S. The molecule has 1 aliphatic rings. The summed E-state index contributed by atoms with van der Waals surface area (Å²) >= 11 is 5.95. The minimum Gasteiger partial charge on any atom is -0.391 e. The number of amides is 1. The van der Waals surface area contributed by atoms with Crippen LogP contribution in [0, 0.1) is 0 Å². The van der Waals surface area contributed by atoms with E-state index < -0.39 is 21.8 Å². The number of halogens is 1. The van der Waals surface area contributed by atoms with Gasteiger partial charge in [0.25, 0.3) is 5.91 Å². The fourth-order valence-electron chi connectivity index (χ4n) is 3.09. The number of hydrogen-bond acceptors (Lipinski definition) is 5. The van der Waals surface area contributed by atoms with Crippen LogP contribution in [0.1, 0.15) is 42.1 Å². The number of carbonyl (C=O) groups is 1. The van der Waals surface area contributed by atoms with Gasteiger partial charge in [0.15, 0.2) is 9.84 Å². The molecule has 140 valence electrons. The van der Waals surface area contributed by atoms with E-state index in [0.717, 1.165) is 31.9 Å². The Bertz CT molecular complexity index is 926. The fraction of sp³-hybridized carbons (Fsp3) is 0.412. The summed E-state index contributed by atoms with van der Waals surface area (Å²) in [4.78, 5) is 12.5. The lowest BCUT2D eigenvalue weighted by molar-refractivity contribution is 0.0693. The van der Waals surface area contributed by atoms with Gasteiger partial charge in [-0.1, -0.05) is 24.4 Å². The van der Waals surface area contributed by atoms with E-state index >= 15 is 0 Å². The Morgan fingerprint density at radius 3 is 2.73 bits per heavy atom. The van der Waals surface area contributed by atoms with E-state index in [-0.39, 0.29) is 21.6 Å². The van der Waals surface area contributed by atoms with Crippen molar-refractivity contribution >= 4 is 33.0 Å². The van der Waals surface area contributed by atoms with Gasteiger partial charge >= 0.3 is 0 Å². The zero-order valence-corrected chi connectivity index (χ0v) is 15.8. The number of hydrogen-bond donors (Lipinski definition) is 2. The summed E-state index contributed by atoms with van der Waals surface area (Å²) in [6, 6.07) is 4.03. The average Bonchev–Trinajstić information content (AvgIpc) is 3.04. The summed E-state index contributed by atoms with van der Waals surface area (Å²) in [5.74, 6) is -0.428. The average molecular weight is 398 g/mol. The molecular weight excluding hydrogens is 378 g/mol. The molecule has 3 rings (SSSR count). The second-order valence-electron chi connectivity index (χ2n) is 6.53. The van der Waals surface area contributed by atoms with Crippen LogP contribution in [0.25, 0.3) is 0 Å². The molecule has 1 heterocycles. The number of aromatic nitrogens is 2. The number of nitrogens with one attached hydrogen (secondary N) is 1. The molecule has 9 heteroatoms. The van der Waals surface area contributed by atoms with Crippen LogP contribution < -0.4 is 5.32 Å². The molecule has 0 bridgehead atoms. The molecule has 1 aromatic heterocycles. The summed E-state index contributed by atoms with van der Waals surface area (Å²) in [6.07, 6.45) is 7.17. The number of sulfone groups is 1. The number of aliphatic hydroxyl groups excluding tert-OH is 1. The van der Waals surface area contributed by atoms with Gasteiger partial charge in [-0.15, -0.1) is 0 Å². The van der Waals surface area contributed by atoms with Gasteiger partial charge in [-0.2, -0.15) is 5.10 Å². The number of anilines is 1. The van der Waals surface area contributed by atoms with Crippen molar-refractivity contribution in [2.45, 2.75) is 42.7 Å². The predicted molar refractivity (Wildman–Crippen MR) is 98.3 cm³/mol. The molecule has 1 fully saturated rings. The number of carbonyl (C=O) groups excluding carboxylic acids is 1. The van der Waals surface area contributed by atoms with Crippen molar-refractivity contribution < 1.29 is 18.3 Å². The summed E-state index contributed by atoms with van der Waals surface area (Å²) < 4.78 is 25.0. The van der Waals surface area contributed by atoms with Gasteiger partial charge < -0.3 is 10.4 Å². The molecule has 1 aromatic carbocycles. The second kappa shape index (κ2) is 7.38. The van der Waals surface area contributed by atoms with E-state index in [4.69, 9.17) is 11.6 Å². The molecule has 1 amide bonds. The normalized spacial score (nSPS) is 20.7. The van der Waals surface area contributed by atoms with Crippen molar-refractivity contribution in [3.8, 4) is 0 Å². The maximum Gasteiger partial charge on any atom is 0.258 e. The van der Waals surface area contributed by atoms with Gasteiger partial charge in [0.1, 0.15) is 0 Å². The SMILES string of the molecule is CS(=O)(=O)c1cc(Cl)cc(NC(=O)c2cnn([C@@H]3CCCC[C@@H]3O)c2)c1. The van der Waals surface area contributed by atoms with E-state index in [2.05, 4.69) is 10.4 Å². The first-order valence-corrected chi connectivity index (χ1v) is 10.6. The first-order valence-electron chi connectivity index (χ1n) is 8.28. The zero-order valence-electron chi connectivity index (χ0n) is 14.2. The van der Waals surface area contributed by atoms with Crippen LogP contribution in [-0.4, -0.2) is 41.6 Å². The zero-order chi connectivity index (χ0) is 18.9. The largest absolute Gasteiger partial charge is 0.391 e. The Morgan fingerprint density at radius 1 is 1.31 bits per heavy atom. The molecule has 2 atom stereocenters. The van der Waals surface area contributed by atoms with Crippen molar-refractivity contribution in [3.63, 3.8) is 0 Å². The third kappa shape index (κ3) is 4.25. The third-order valence-corrected chi connectivity index (χ3v) is 5.76. The minimum atomic E-state index is -3.44. The quantitative estimate of drug-likeness (QED) is 0.825. The van der Waals surface area contributed by atoms with Crippen molar-refractivity contribution in [2.24, 2.45) is 0 Å². The van der Waals surface area contributed by atoms with Crippen molar-refractivity contribution in [1.82, 2.24) is 9.78 Å². The Morgan fingerprint density at radius 2 is 2.04 bits per heavy atom. The Kier molecular flexibility index (Phi) is 5.36. The molecule has 7 nitrogen and oxygen atoms in total. The molecule has 0 saturated heterocycles. The monoisotopic (exact) mass is 397 g/mol. The molecule has 2 aromatic rings. The number of benzene rings is 1. The first-order chi connectivity index (χ1) is 12.2. The summed E-state index contributed by atoms with van der Waals surface area (Å²) in [7, 11) is -3.44. The maximum atomic E-state index is 12.4. The van der Waals surface area contributed by atoms with Gasteiger partial charge in [-0.05, 0) is 31.0 Å². The van der Waals surface area contributed by atoms with Crippen LogP contribution in [0.4, 0.5) is 5.69 Å². The lowest BCUT2D eigenvalue weighted by atomic mass is 9.93. The Hall–Kier alpha value is -1.90. The smallest absolute Gasteiger partial charge is 0.258 e. The molecule has 1 aliphatic carbocycles. The fourth-order valence-corrected chi connectivity index (χ4v) is 4.07. The van der Waals surface area contributed by atoms with E-state index in [0.29, 0.717) is 5.56 Å². The molecule has 1 saturated carbocycles. The van der Waals surface area contributed by atoms with Crippen LogP contribution in [0.2, 0.25) is 5.02 Å². The molecule has 0 unspecified atom stereocenters. The Labute approximate surface area is 156 Å². The minimum absolute atomic E-state index is 0.0290. The van der Waals surface area contributed by atoms with Crippen molar-refractivity contribution in [3.05, 3.63) is 41.2 Å². The maximum absolute atomic E-state index is 12.4. The lowest BCUT2D eigenvalue weighted by Gasteiger charge is -2.27. The van der Waals surface area contributed by atoms with E-state index in [1.165, 1.54) is 24.4 Å². The lowest BCUT2D eigenvalue weighted by Crippen LogP contribution is -2.27. The first kappa shape index (κ1) is 18.9. The topological polar surface area (TPSA) is 101 Å². The van der Waals surface area contributed by atoms with Crippen LogP contribution in [0.5, 0.6) is 0 Å². The van der Waals surface area contributed by atoms with Crippen LogP contribution in [-0.2, 0) is 9.84 Å². The molecule has 0 radical (unpaired) electrons. The highest BCUT2D eigenvalue weighted by Gasteiger charge is 2.26. The predicted octanol–water partition coefficient (Wildman–Crippen LogP) is 2.67. The highest BCUT2D eigenvalue weighted by molar-refractivity contribution is 7.90. The van der Waals surface area contributed by atoms with E-state index in [1.54, 1.807) is 10.9 Å². The number of nitrogens with zero attached hydrogens (tertiary/aromatic N) is 2. The van der Waals surface area contributed by atoms with Crippen LogP contribution >= 0.6 is 11.6 Å². The molecule has 2 N–H and O–H groups in total. The van der Waals surface area contributed by atoms with Gasteiger partial charge in [0.05, 0.1) is 28.8 Å². The van der Waals surface area contributed by atoms with Crippen LogP contribution in [0.15, 0.2) is 35.5 Å². The van der Waals surface area contributed by atoms with E-state index in [1.807, 2.05) is 0 Å². The number of aliphatic hydroxyl groups is 1. The van der Waals surface area contributed by atoms with Crippen molar-refractivity contribution in [2.75, 3.05) is 11.6 Å².